The first-order chi connectivity index (χ1) is 8.24. The lowest BCUT2D eigenvalue weighted by Gasteiger charge is -2.32. The van der Waals surface area contributed by atoms with Gasteiger partial charge in [0.15, 0.2) is 0 Å². The number of unbranched alkanes of at least 4 members (excludes halogenated alkanes) is 6. The van der Waals surface area contributed by atoms with Crippen LogP contribution in [-0.2, 0) is 0 Å². The topological polar surface area (TPSA) is 26.0 Å². The van der Waals surface area contributed by atoms with Crippen LogP contribution in [0.5, 0.6) is 0 Å². The zero-order chi connectivity index (χ0) is 12.5. The van der Waals surface area contributed by atoms with Gasteiger partial charge in [-0.15, -0.1) is 0 Å². The first kappa shape index (κ1) is 15.0. The summed E-state index contributed by atoms with van der Waals surface area (Å²) in [6.07, 6.45) is 15.3. The van der Waals surface area contributed by atoms with E-state index in [1.807, 2.05) is 0 Å². The molecule has 0 saturated heterocycles. The van der Waals surface area contributed by atoms with Crippen molar-refractivity contribution in [3.05, 3.63) is 0 Å². The summed E-state index contributed by atoms with van der Waals surface area (Å²) in [5.41, 5.74) is 6.22. The van der Waals surface area contributed by atoms with Gasteiger partial charge in [-0.3, -0.25) is 0 Å². The Morgan fingerprint density at radius 2 is 1.59 bits per heavy atom. The Morgan fingerprint density at radius 1 is 0.941 bits per heavy atom. The van der Waals surface area contributed by atoms with Crippen molar-refractivity contribution in [1.82, 2.24) is 0 Å². The van der Waals surface area contributed by atoms with Crippen LogP contribution in [0.1, 0.15) is 84.5 Å². The highest BCUT2D eigenvalue weighted by atomic mass is 14.7. The van der Waals surface area contributed by atoms with E-state index in [0.29, 0.717) is 6.04 Å². The molecule has 0 heterocycles. The fourth-order valence-electron chi connectivity index (χ4n) is 3.22. The summed E-state index contributed by atoms with van der Waals surface area (Å²) in [5.74, 6) is 1.75. The highest BCUT2D eigenvalue weighted by molar-refractivity contribution is 4.80. The van der Waals surface area contributed by atoms with Crippen molar-refractivity contribution in [3.63, 3.8) is 0 Å². The van der Waals surface area contributed by atoms with Gasteiger partial charge in [0.2, 0.25) is 0 Å². The summed E-state index contributed by atoms with van der Waals surface area (Å²) in [7, 11) is 0. The zero-order valence-electron chi connectivity index (χ0n) is 12.1. The lowest BCUT2D eigenvalue weighted by Crippen LogP contribution is -2.35. The molecule has 17 heavy (non-hydrogen) atoms. The highest BCUT2D eigenvalue weighted by Crippen LogP contribution is 2.31. The predicted octanol–water partition coefficient (Wildman–Crippen LogP) is 4.89. The number of hydrogen-bond acceptors (Lipinski definition) is 1. The molecule has 0 aliphatic heterocycles. The van der Waals surface area contributed by atoms with E-state index in [-0.39, 0.29) is 0 Å². The third kappa shape index (κ3) is 6.45. The van der Waals surface area contributed by atoms with Crippen LogP contribution >= 0.6 is 0 Å². The minimum Gasteiger partial charge on any atom is -0.327 e. The van der Waals surface area contributed by atoms with E-state index in [9.17, 15) is 0 Å². The molecular formula is C16H33N. The fraction of sp³-hybridized carbons (Fsp3) is 1.00. The molecule has 1 aliphatic rings. The van der Waals surface area contributed by atoms with Gasteiger partial charge in [0.25, 0.3) is 0 Å². The lowest BCUT2D eigenvalue weighted by molar-refractivity contribution is 0.229. The Balaban J connectivity index is 1.97. The van der Waals surface area contributed by atoms with Gasteiger partial charge in [-0.1, -0.05) is 58.8 Å². The second-order valence-electron chi connectivity index (χ2n) is 6.25. The largest absolute Gasteiger partial charge is 0.327 e. The molecule has 0 radical (unpaired) electrons. The maximum Gasteiger partial charge on any atom is 0.00673 e. The average molecular weight is 239 g/mol. The summed E-state index contributed by atoms with van der Waals surface area (Å²) < 4.78 is 0. The fourth-order valence-corrected chi connectivity index (χ4v) is 3.22. The summed E-state index contributed by atoms with van der Waals surface area (Å²) in [5, 5.41) is 0. The summed E-state index contributed by atoms with van der Waals surface area (Å²) >= 11 is 0. The number of rotatable bonds is 8. The molecule has 0 aromatic heterocycles. The molecule has 1 rings (SSSR count). The van der Waals surface area contributed by atoms with Crippen molar-refractivity contribution >= 4 is 0 Å². The SMILES string of the molecule is CCCCCCCCCC1CC(C)CCC1N. The molecular weight excluding hydrogens is 206 g/mol. The van der Waals surface area contributed by atoms with Crippen molar-refractivity contribution in [3.8, 4) is 0 Å². The standard InChI is InChI=1S/C16H33N/c1-3-4-5-6-7-8-9-10-15-13-14(2)11-12-16(15)17/h14-16H,3-13,17H2,1-2H3. The minimum atomic E-state index is 0.506. The Hall–Kier alpha value is -0.0400. The van der Waals surface area contributed by atoms with Gasteiger partial charge in [-0.2, -0.15) is 0 Å². The second kappa shape index (κ2) is 8.97. The van der Waals surface area contributed by atoms with Crippen molar-refractivity contribution in [2.75, 3.05) is 0 Å². The first-order valence-electron chi connectivity index (χ1n) is 7.99. The predicted molar refractivity (Wildman–Crippen MR) is 77.1 cm³/mol. The summed E-state index contributed by atoms with van der Waals surface area (Å²) in [6.45, 7) is 4.68. The van der Waals surface area contributed by atoms with E-state index >= 15 is 0 Å². The van der Waals surface area contributed by atoms with Gasteiger partial charge < -0.3 is 5.73 Å². The van der Waals surface area contributed by atoms with Crippen LogP contribution in [-0.4, -0.2) is 6.04 Å². The average Bonchev–Trinajstić information content (AvgIpc) is 2.32. The van der Waals surface area contributed by atoms with Gasteiger partial charge in [0, 0.05) is 6.04 Å². The van der Waals surface area contributed by atoms with Gasteiger partial charge in [0.05, 0.1) is 0 Å². The molecule has 0 spiro atoms. The van der Waals surface area contributed by atoms with E-state index in [4.69, 9.17) is 5.73 Å². The van der Waals surface area contributed by atoms with Crippen LogP contribution in [0.4, 0.5) is 0 Å². The smallest absolute Gasteiger partial charge is 0.00673 e. The molecule has 3 atom stereocenters. The maximum atomic E-state index is 6.22. The van der Waals surface area contributed by atoms with Crippen molar-refractivity contribution in [2.24, 2.45) is 17.6 Å². The lowest BCUT2D eigenvalue weighted by atomic mass is 9.77. The number of nitrogens with two attached hydrogens (primary N) is 1. The van der Waals surface area contributed by atoms with Crippen LogP contribution < -0.4 is 5.73 Å². The number of hydrogen-bond donors (Lipinski definition) is 1. The van der Waals surface area contributed by atoms with Crippen molar-refractivity contribution in [1.29, 1.82) is 0 Å². The molecule has 0 aromatic rings. The Morgan fingerprint density at radius 3 is 2.29 bits per heavy atom. The molecule has 2 N–H and O–H groups in total. The van der Waals surface area contributed by atoms with Gasteiger partial charge in [-0.05, 0) is 37.5 Å². The van der Waals surface area contributed by atoms with E-state index in [0.717, 1.165) is 11.8 Å². The third-order valence-electron chi connectivity index (χ3n) is 4.48. The minimum absolute atomic E-state index is 0.506. The molecule has 1 saturated carbocycles. The summed E-state index contributed by atoms with van der Waals surface area (Å²) in [4.78, 5) is 0. The quantitative estimate of drug-likeness (QED) is 0.600. The normalized spacial score (nSPS) is 29.5. The van der Waals surface area contributed by atoms with Crippen molar-refractivity contribution in [2.45, 2.75) is 90.5 Å². The molecule has 0 bridgehead atoms. The van der Waals surface area contributed by atoms with Crippen LogP contribution in [0.15, 0.2) is 0 Å². The Bertz CT molecular complexity index is 178. The van der Waals surface area contributed by atoms with Gasteiger partial charge >= 0.3 is 0 Å². The van der Waals surface area contributed by atoms with Crippen LogP contribution in [0.2, 0.25) is 0 Å². The molecule has 0 aromatic carbocycles. The Labute approximate surface area is 109 Å². The highest BCUT2D eigenvalue weighted by Gasteiger charge is 2.25. The molecule has 1 aliphatic carbocycles. The van der Waals surface area contributed by atoms with Crippen LogP contribution in [0.25, 0.3) is 0 Å². The monoisotopic (exact) mass is 239 g/mol. The van der Waals surface area contributed by atoms with E-state index in [2.05, 4.69) is 13.8 Å². The van der Waals surface area contributed by atoms with Crippen LogP contribution in [0, 0.1) is 11.8 Å². The van der Waals surface area contributed by atoms with E-state index in [1.165, 1.54) is 70.6 Å². The molecule has 3 unspecified atom stereocenters. The van der Waals surface area contributed by atoms with Gasteiger partial charge in [0.1, 0.15) is 0 Å². The molecule has 1 heteroatoms. The maximum absolute atomic E-state index is 6.22. The zero-order valence-corrected chi connectivity index (χ0v) is 12.1. The first-order valence-corrected chi connectivity index (χ1v) is 7.99. The second-order valence-corrected chi connectivity index (χ2v) is 6.25. The van der Waals surface area contributed by atoms with Gasteiger partial charge in [-0.25, -0.2) is 0 Å². The van der Waals surface area contributed by atoms with Crippen molar-refractivity contribution < 1.29 is 0 Å². The van der Waals surface area contributed by atoms with Crippen LogP contribution in [0.3, 0.4) is 0 Å². The molecule has 1 fully saturated rings. The molecule has 1 nitrogen and oxygen atoms in total. The third-order valence-corrected chi connectivity index (χ3v) is 4.48. The van der Waals surface area contributed by atoms with E-state index in [1.54, 1.807) is 0 Å². The van der Waals surface area contributed by atoms with E-state index < -0.39 is 0 Å². The molecule has 0 amide bonds. The molecule has 102 valence electrons. The summed E-state index contributed by atoms with van der Waals surface area (Å²) in [6, 6.07) is 0.506. The Kier molecular flexibility index (Phi) is 7.92.